The van der Waals surface area contributed by atoms with Crippen LogP contribution in [0.4, 0.5) is 0 Å². The van der Waals surface area contributed by atoms with Crippen molar-refractivity contribution in [1.82, 2.24) is 15.5 Å². The third-order valence-electron chi connectivity index (χ3n) is 6.68. The molecule has 1 spiro atoms. The Morgan fingerprint density at radius 3 is 2.60 bits per heavy atom. The number of nitrogens with zero attached hydrogens (tertiary/aromatic N) is 1. The first-order chi connectivity index (χ1) is 14.5. The summed E-state index contributed by atoms with van der Waals surface area (Å²) in [5, 5.41) is 5.62. The van der Waals surface area contributed by atoms with E-state index in [9.17, 15) is 14.4 Å². The zero-order valence-corrected chi connectivity index (χ0v) is 17.0. The number of methoxy groups -OCH3 is 1. The van der Waals surface area contributed by atoms with E-state index in [0.717, 1.165) is 24.2 Å². The van der Waals surface area contributed by atoms with Crippen molar-refractivity contribution in [2.24, 2.45) is 11.8 Å². The fraction of sp³-hybridized carbons (Fsp3) is 0.500. The van der Waals surface area contributed by atoms with Gasteiger partial charge in [0.15, 0.2) is 0 Å². The number of carbonyl (C=O) groups is 3. The Balaban J connectivity index is 1.41. The average Bonchev–Trinajstić information content (AvgIpc) is 3.36. The quantitative estimate of drug-likeness (QED) is 0.660. The van der Waals surface area contributed by atoms with Crippen LogP contribution in [0, 0.1) is 11.8 Å². The van der Waals surface area contributed by atoms with Gasteiger partial charge in [-0.15, -0.1) is 0 Å². The van der Waals surface area contributed by atoms with Crippen LogP contribution >= 0.6 is 0 Å². The van der Waals surface area contributed by atoms with Gasteiger partial charge in [0.1, 0.15) is 17.4 Å². The van der Waals surface area contributed by atoms with Gasteiger partial charge in [-0.25, -0.2) is 0 Å². The first-order valence-corrected chi connectivity index (χ1v) is 10.3. The molecule has 3 amide bonds. The topological polar surface area (TPSA) is 97.0 Å². The monoisotopic (exact) mass is 411 g/mol. The number of hydrogen-bond acceptors (Lipinski definition) is 5. The fourth-order valence-electron chi connectivity index (χ4n) is 5.15. The number of nitrogens with one attached hydrogen (secondary N) is 2. The van der Waals surface area contributed by atoms with Gasteiger partial charge in [0.2, 0.25) is 17.7 Å². The van der Waals surface area contributed by atoms with Crippen molar-refractivity contribution in [3.63, 3.8) is 0 Å². The highest BCUT2D eigenvalue weighted by Crippen LogP contribution is 2.56. The molecule has 1 saturated carbocycles. The number of fused-ring (bicyclic) bond motifs is 1. The first kappa shape index (κ1) is 19.1. The van der Waals surface area contributed by atoms with Crippen molar-refractivity contribution in [2.45, 2.75) is 43.2 Å². The van der Waals surface area contributed by atoms with Gasteiger partial charge in [0, 0.05) is 19.6 Å². The molecular formula is C22H25N3O5. The SMILES string of the molecule is CNC(=O)[C@H]1[C@H]2C(=O)N(C3CC3)[C@H](C(=O)NCc3ccc(OC)cc3)[C@]23C=C[C@H]1O3. The number of hydrogen-bond donors (Lipinski definition) is 2. The van der Waals surface area contributed by atoms with Crippen molar-refractivity contribution >= 4 is 17.7 Å². The second-order valence-corrected chi connectivity index (χ2v) is 8.36. The Hall–Kier alpha value is -2.87. The summed E-state index contributed by atoms with van der Waals surface area (Å²) in [6.45, 7) is 0.332. The van der Waals surface area contributed by atoms with Gasteiger partial charge < -0.3 is 25.0 Å². The fourth-order valence-corrected chi connectivity index (χ4v) is 5.15. The molecule has 1 aromatic rings. The van der Waals surface area contributed by atoms with Crippen LogP contribution in [-0.2, 0) is 25.7 Å². The number of carbonyl (C=O) groups excluding carboxylic acids is 3. The summed E-state index contributed by atoms with van der Waals surface area (Å²) in [6, 6.07) is 6.72. The highest BCUT2D eigenvalue weighted by Gasteiger charge is 2.73. The normalized spacial score (nSPS) is 33.5. The Kier molecular flexibility index (Phi) is 4.36. The van der Waals surface area contributed by atoms with Gasteiger partial charge in [-0.3, -0.25) is 14.4 Å². The van der Waals surface area contributed by atoms with E-state index in [1.165, 1.54) is 0 Å². The third-order valence-corrected chi connectivity index (χ3v) is 6.68. The highest BCUT2D eigenvalue weighted by molar-refractivity contribution is 6.00. The molecule has 4 aliphatic rings. The summed E-state index contributed by atoms with van der Waals surface area (Å²) in [5.41, 5.74) is -0.151. The summed E-state index contributed by atoms with van der Waals surface area (Å²) in [7, 11) is 3.16. The van der Waals surface area contributed by atoms with Crippen LogP contribution in [-0.4, -0.2) is 60.6 Å². The second kappa shape index (κ2) is 6.84. The van der Waals surface area contributed by atoms with Gasteiger partial charge in [-0.05, 0) is 30.5 Å². The molecule has 0 unspecified atom stereocenters. The molecule has 30 heavy (non-hydrogen) atoms. The Bertz CT molecular complexity index is 925. The number of ether oxygens (including phenoxy) is 2. The van der Waals surface area contributed by atoms with Gasteiger partial charge in [0.25, 0.3) is 0 Å². The van der Waals surface area contributed by atoms with E-state index in [1.807, 2.05) is 36.4 Å². The number of rotatable bonds is 6. The lowest BCUT2D eigenvalue weighted by atomic mass is 9.74. The standard InChI is InChI=1S/C22H25N3O5/c1-23-19(26)16-15-9-10-22(30-15)17(16)21(28)25(13-5-6-13)18(22)20(27)24-11-12-3-7-14(29-2)8-4-12/h3-4,7-10,13,15-18H,5-6,11H2,1-2H3,(H,23,26)(H,24,27)/t15-,16-,17+,18-,22+/m1/s1. The minimum atomic E-state index is -1.08. The molecule has 3 aliphatic heterocycles. The van der Waals surface area contributed by atoms with Crippen LogP contribution < -0.4 is 15.4 Å². The molecule has 8 nitrogen and oxygen atoms in total. The third kappa shape index (κ3) is 2.66. The van der Waals surface area contributed by atoms with Crippen molar-refractivity contribution in [3.05, 3.63) is 42.0 Å². The lowest BCUT2D eigenvalue weighted by Gasteiger charge is -2.32. The summed E-state index contributed by atoms with van der Waals surface area (Å²) in [6.07, 6.45) is 4.92. The molecule has 5 atom stereocenters. The van der Waals surface area contributed by atoms with E-state index in [0.29, 0.717) is 6.54 Å². The van der Waals surface area contributed by atoms with Crippen molar-refractivity contribution < 1.29 is 23.9 Å². The molecule has 3 heterocycles. The molecule has 1 aliphatic carbocycles. The second-order valence-electron chi connectivity index (χ2n) is 8.36. The molecule has 158 valence electrons. The van der Waals surface area contributed by atoms with E-state index in [-0.39, 0.29) is 23.8 Å². The number of benzene rings is 1. The van der Waals surface area contributed by atoms with Gasteiger partial charge in [-0.1, -0.05) is 24.3 Å². The van der Waals surface area contributed by atoms with Crippen LogP contribution in [0.25, 0.3) is 0 Å². The maximum absolute atomic E-state index is 13.4. The molecule has 2 saturated heterocycles. The summed E-state index contributed by atoms with van der Waals surface area (Å²) in [4.78, 5) is 40.9. The predicted molar refractivity (Wildman–Crippen MR) is 106 cm³/mol. The molecule has 0 aromatic heterocycles. The maximum atomic E-state index is 13.4. The molecule has 8 heteroatoms. The molecule has 2 bridgehead atoms. The van der Waals surface area contributed by atoms with Crippen LogP contribution in [0.1, 0.15) is 18.4 Å². The van der Waals surface area contributed by atoms with E-state index < -0.39 is 29.6 Å². The predicted octanol–water partition coefficient (Wildman–Crippen LogP) is 0.370. The van der Waals surface area contributed by atoms with Crippen LogP contribution in [0.5, 0.6) is 5.75 Å². The van der Waals surface area contributed by atoms with Crippen molar-refractivity contribution in [1.29, 1.82) is 0 Å². The molecule has 5 rings (SSSR count). The van der Waals surface area contributed by atoms with Crippen molar-refractivity contribution in [2.75, 3.05) is 14.2 Å². The van der Waals surface area contributed by atoms with Crippen LogP contribution in [0.3, 0.4) is 0 Å². The maximum Gasteiger partial charge on any atom is 0.246 e. The minimum absolute atomic E-state index is 0.0376. The van der Waals surface area contributed by atoms with E-state index >= 15 is 0 Å². The first-order valence-electron chi connectivity index (χ1n) is 10.3. The molecule has 0 radical (unpaired) electrons. The molecule has 2 N–H and O–H groups in total. The summed E-state index contributed by atoms with van der Waals surface area (Å²) < 4.78 is 11.4. The van der Waals surface area contributed by atoms with Crippen LogP contribution in [0.2, 0.25) is 0 Å². The largest absolute Gasteiger partial charge is 0.497 e. The Labute approximate surface area is 174 Å². The van der Waals surface area contributed by atoms with E-state index in [1.54, 1.807) is 19.1 Å². The number of amides is 3. The summed E-state index contributed by atoms with van der Waals surface area (Å²) >= 11 is 0. The Morgan fingerprint density at radius 2 is 1.97 bits per heavy atom. The number of likely N-dealkylation sites (tertiary alicyclic amines) is 1. The Morgan fingerprint density at radius 1 is 1.23 bits per heavy atom. The van der Waals surface area contributed by atoms with Gasteiger partial charge in [0.05, 0.1) is 25.0 Å². The van der Waals surface area contributed by atoms with Gasteiger partial charge in [-0.2, -0.15) is 0 Å². The van der Waals surface area contributed by atoms with E-state index in [4.69, 9.17) is 9.47 Å². The average molecular weight is 411 g/mol. The molecule has 3 fully saturated rings. The zero-order chi connectivity index (χ0) is 21.0. The summed E-state index contributed by atoms with van der Waals surface area (Å²) in [5.74, 6) is -1.15. The highest BCUT2D eigenvalue weighted by atomic mass is 16.5. The smallest absolute Gasteiger partial charge is 0.246 e. The van der Waals surface area contributed by atoms with E-state index in [2.05, 4.69) is 10.6 Å². The van der Waals surface area contributed by atoms with Crippen molar-refractivity contribution in [3.8, 4) is 5.75 Å². The van der Waals surface area contributed by atoms with Crippen LogP contribution in [0.15, 0.2) is 36.4 Å². The lowest BCUT2D eigenvalue weighted by Crippen LogP contribution is -2.55. The molecule has 1 aromatic carbocycles. The lowest BCUT2D eigenvalue weighted by molar-refractivity contribution is -0.142. The molecular weight excluding hydrogens is 386 g/mol. The van der Waals surface area contributed by atoms with Gasteiger partial charge >= 0.3 is 0 Å². The minimum Gasteiger partial charge on any atom is -0.497 e. The zero-order valence-electron chi connectivity index (χ0n) is 17.0.